The Morgan fingerprint density at radius 1 is 0.733 bits per heavy atom. The highest BCUT2D eigenvalue weighted by Crippen LogP contribution is 2.17. The minimum absolute atomic E-state index is 0.253. The maximum Gasteiger partial charge on any atom is 0.306 e. The van der Waals surface area contributed by atoms with Gasteiger partial charge in [-0.15, -0.1) is 0 Å². The third kappa shape index (κ3) is 8.89. The van der Waals surface area contributed by atoms with Crippen molar-refractivity contribution in [2.45, 2.75) is 71.8 Å². The van der Waals surface area contributed by atoms with E-state index >= 15 is 0 Å². The minimum atomic E-state index is -0.461. The van der Waals surface area contributed by atoms with Gasteiger partial charge in [-0.25, -0.2) is 0 Å². The molecule has 0 saturated heterocycles. The number of aryl methyl sites for hydroxylation is 2. The molecule has 30 heavy (non-hydrogen) atoms. The van der Waals surface area contributed by atoms with Gasteiger partial charge in [-0.05, 0) is 61.1 Å². The van der Waals surface area contributed by atoms with Crippen molar-refractivity contribution >= 4 is 5.97 Å². The quantitative estimate of drug-likeness (QED) is 0.349. The number of esters is 1. The maximum atomic E-state index is 11.8. The Balaban J connectivity index is 1.87. The zero-order chi connectivity index (χ0) is 21.6. The Hall–Kier alpha value is -2.49. The largest absolute Gasteiger partial charge is 0.490 e. The summed E-state index contributed by atoms with van der Waals surface area (Å²) in [6.45, 7) is 6.69. The molecule has 0 amide bonds. The van der Waals surface area contributed by atoms with E-state index in [2.05, 4.69) is 38.1 Å². The SMILES string of the molecule is CCCCc1ccc(OCC(COc2ccc(CCCC)cc2)OC(=O)CC)cc1. The van der Waals surface area contributed by atoms with E-state index in [0.717, 1.165) is 24.3 Å². The van der Waals surface area contributed by atoms with Crippen LogP contribution in [0.1, 0.15) is 64.0 Å². The van der Waals surface area contributed by atoms with E-state index in [4.69, 9.17) is 14.2 Å². The van der Waals surface area contributed by atoms with Gasteiger partial charge in [0.2, 0.25) is 0 Å². The van der Waals surface area contributed by atoms with Crippen LogP contribution in [-0.4, -0.2) is 25.3 Å². The molecule has 0 radical (unpaired) electrons. The maximum absolute atomic E-state index is 11.8. The van der Waals surface area contributed by atoms with Crippen molar-refractivity contribution in [3.8, 4) is 11.5 Å². The summed E-state index contributed by atoms with van der Waals surface area (Å²) in [4.78, 5) is 11.8. The van der Waals surface area contributed by atoms with Gasteiger partial charge in [0, 0.05) is 6.42 Å². The monoisotopic (exact) mass is 412 g/mol. The summed E-state index contributed by atoms with van der Waals surface area (Å²) in [5.41, 5.74) is 2.62. The first kappa shape index (κ1) is 23.8. The normalized spacial score (nSPS) is 10.8. The van der Waals surface area contributed by atoms with E-state index in [1.54, 1.807) is 6.92 Å². The van der Waals surface area contributed by atoms with Crippen molar-refractivity contribution in [1.82, 2.24) is 0 Å². The molecule has 0 unspecified atom stereocenters. The second-order valence-electron chi connectivity index (χ2n) is 7.58. The molecule has 0 aromatic heterocycles. The van der Waals surface area contributed by atoms with E-state index in [9.17, 15) is 4.79 Å². The van der Waals surface area contributed by atoms with Crippen LogP contribution in [-0.2, 0) is 22.4 Å². The van der Waals surface area contributed by atoms with Crippen molar-refractivity contribution < 1.29 is 19.0 Å². The molecule has 4 nitrogen and oxygen atoms in total. The average molecular weight is 413 g/mol. The van der Waals surface area contributed by atoms with Crippen LogP contribution >= 0.6 is 0 Å². The fourth-order valence-electron chi connectivity index (χ4n) is 3.03. The van der Waals surface area contributed by atoms with Crippen molar-refractivity contribution in [2.75, 3.05) is 13.2 Å². The number of hydrogen-bond acceptors (Lipinski definition) is 4. The van der Waals surface area contributed by atoms with Crippen LogP contribution in [0.5, 0.6) is 11.5 Å². The lowest BCUT2D eigenvalue weighted by Gasteiger charge is -2.19. The highest BCUT2D eigenvalue weighted by Gasteiger charge is 2.16. The smallest absolute Gasteiger partial charge is 0.306 e. The standard InChI is InChI=1S/C26H36O4/c1-4-7-9-21-11-15-23(16-12-21)28-19-25(30-26(27)6-3)20-29-24-17-13-22(14-18-24)10-8-5-2/h11-18,25H,4-10,19-20H2,1-3H3. The lowest BCUT2D eigenvalue weighted by Crippen LogP contribution is -2.31. The van der Waals surface area contributed by atoms with Gasteiger partial charge < -0.3 is 14.2 Å². The van der Waals surface area contributed by atoms with Crippen molar-refractivity contribution in [2.24, 2.45) is 0 Å². The van der Waals surface area contributed by atoms with Gasteiger partial charge in [0.25, 0.3) is 0 Å². The number of benzene rings is 2. The zero-order valence-electron chi connectivity index (χ0n) is 18.7. The lowest BCUT2D eigenvalue weighted by atomic mass is 10.1. The van der Waals surface area contributed by atoms with Gasteiger partial charge in [0.15, 0.2) is 6.10 Å². The molecule has 0 N–H and O–H groups in total. The Morgan fingerprint density at radius 3 is 1.53 bits per heavy atom. The molecule has 0 aliphatic heterocycles. The summed E-state index contributed by atoms with van der Waals surface area (Å²) in [5.74, 6) is 1.29. The highest BCUT2D eigenvalue weighted by atomic mass is 16.6. The van der Waals surface area contributed by atoms with Gasteiger partial charge in [-0.1, -0.05) is 57.9 Å². The molecule has 164 valence electrons. The number of ether oxygens (including phenoxy) is 3. The topological polar surface area (TPSA) is 44.8 Å². The molecule has 0 fully saturated rings. The summed E-state index contributed by atoms with van der Waals surface area (Å²) in [5, 5.41) is 0. The molecular weight excluding hydrogens is 376 g/mol. The summed E-state index contributed by atoms with van der Waals surface area (Å²) < 4.78 is 17.2. The summed E-state index contributed by atoms with van der Waals surface area (Å²) in [6.07, 6.45) is 6.77. The first-order valence-corrected chi connectivity index (χ1v) is 11.3. The number of rotatable bonds is 14. The van der Waals surface area contributed by atoms with Crippen LogP contribution in [0.3, 0.4) is 0 Å². The van der Waals surface area contributed by atoms with Gasteiger partial charge in [0.1, 0.15) is 24.7 Å². The van der Waals surface area contributed by atoms with Crippen molar-refractivity contribution in [3.05, 3.63) is 59.7 Å². The molecule has 0 bridgehead atoms. The van der Waals surface area contributed by atoms with E-state index in [1.165, 1.54) is 36.8 Å². The molecular formula is C26H36O4. The molecule has 4 heteroatoms. The molecule has 0 aliphatic rings. The minimum Gasteiger partial charge on any atom is -0.490 e. The fourth-order valence-corrected chi connectivity index (χ4v) is 3.03. The number of hydrogen-bond donors (Lipinski definition) is 0. The number of carbonyl (C=O) groups excluding carboxylic acids is 1. The van der Waals surface area contributed by atoms with Gasteiger partial charge in [-0.2, -0.15) is 0 Å². The molecule has 2 aromatic rings. The van der Waals surface area contributed by atoms with Crippen LogP contribution in [0.2, 0.25) is 0 Å². The summed E-state index contributed by atoms with van der Waals surface area (Å²) in [7, 11) is 0. The molecule has 0 spiro atoms. The summed E-state index contributed by atoms with van der Waals surface area (Å²) in [6, 6.07) is 16.3. The van der Waals surface area contributed by atoms with Gasteiger partial charge >= 0.3 is 5.97 Å². The van der Waals surface area contributed by atoms with E-state index in [0.29, 0.717) is 6.42 Å². The summed E-state index contributed by atoms with van der Waals surface area (Å²) >= 11 is 0. The van der Waals surface area contributed by atoms with E-state index < -0.39 is 6.10 Å². The van der Waals surface area contributed by atoms with Crippen LogP contribution in [0.15, 0.2) is 48.5 Å². The predicted octanol–water partition coefficient (Wildman–Crippen LogP) is 6.15. The van der Waals surface area contributed by atoms with Gasteiger partial charge in [0.05, 0.1) is 0 Å². The van der Waals surface area contributed by atoms with E-state index in [-0.39, 0.29) is 19.2 Å². The Labute approximate surface area is 181 Å². The van der Waals surface area contributed by atoms with Crippen LogP contribution in [0.25, 0.3) is 0 Å². The van der Waals surface area contributed by atoms with Crippen LogP contribution < -0.4 is 9.47 Å². The van der Waals surface area contributed by atoms with Gasteiger partial charge in [-0.3, -0.25) is 4.79 Å². The Bertz CT molecular complexity index is 666. The van der Waals surface area contributed by atoms with Crippen LogP contribution in [0.4, 0.5) is 0 Å². The Morgan fingerprint density at radius 2 is 1.17 bits per heavy atom. The van der Waals surface area contributed by atoms with Crippen molar-refractivity contribution in [1.29, 1.82) is 0 Å². The van der Waals surface area contributed by atoms with Crippen LogP contribution in [0, 0.1) is 0 Å². The second-order valence-corrected chi connectivity index (χ2v) is 7.58. The Kier molecular flexibility index (Phi) is 10.8. The molecule has 0 atom stereocenters. The van der Waals surface area contributed by atoms with Crippen molar-refractivity contribution in [3.63, 3.8) is 0 Å². The van der Waals surface area contributed by atoms with E-state index in [1.807, 2.05) is 24.3 Å². The average Bonchev–Trinajstić information content (AvgIpc) is 2.79. The highest BCUT2D eigenvalue weighted by molar-refractivity contribution is 5.69. The second kappa shape index (κ2) is 13.7. The molecule has 0 heterocycles. The first-order valence-electron chi connectivity index (χ1n) is 11.3. The number of carbonyl (C=O) groups is 1. The molecule has 0 aliphatic carbocycles. The molecule has 0 saturated carbocycles. The molecule has 2 aromatic carbocycles. The lowest BCUT2D eigenvalue weighted by molar-refractivity contribution is -0.151. The molecule has 2 rings (SSSR count). The predicted molar refractivity (Wildman–Crippen MR) is 121 cm³/mol. The third-order valence-corrected chi connectivity index (χ3v) is 4.94. The number of unbranched alkanes of at least 4 members (excludes halogenated alkanes) is 2. The zero-order valence-corrected chi connectivity index (χ0v) is 18.7. The fraction of sp³-hybridized carbons (Fsp3) is 0.500. The first-order chi connectivity index (χ1) is 14.6. The third-order valence-electron chi connectivity index (χ3n) is 4.94.